The molecule has 2 fully saturated rings. The summed E-state index contributed by atoms with van der Waals surface area (Å²) in [5, 5.41) is 10.8. The van der Waals surface area contributed by atoms with Gasteiger partial charge in [0.15, 0.2) is 0 Å². The van der Waals surface area contributed by atoms with Crippen molar-refractivity contribution in [1.29, 1.82) is 0 Å². The Morgan fingerprint density at radius 3 is 2.73 bits per heavy atom. The lowest BCUT2D eigenvalue weighted by Gasteiger charge is -2.43. The molecule has 0 unspecified atom stereocenters. The van der Waals surface area contributed by atoms with Crippen LogP contribution in [0.3, 0.4) is 0 Å². The number of nitrogens with zero attached hydrogens (tertiary/aromatic N) is 2. The summed E-state index contributed by atoms with van der Waals surface area (Å²) in [4.78, 5) is 15.1. The maximum atomic E-state index is 13.0. The molecule has 1 aromatic rings. The van der Waals surface area contributed by atoms with Gasteiger partial charge in [-0.1, -0.05) is 12.8 Å². The first-order valence-electron chi connectivity index (χ1n) is 8.57. The molecule has 2 heterocycles. The molecule has 4 nitrogen and oxygen atoms in total. The van der Waals surface area contributed by atoms with Gasteiger partial charge in [-0.05, 0) is 51.2 Å². The molecule has 1 aliphatic carbocycles. The monoisotopic (exact) mass is 304 g/mol. The first-order valence-corrected chi connectivity index (χ1v) is 8.57. The summed E-state index contributed by atoms with van der Waals surface area (Å²) in [6, 6.07) is 2.19. The van der Waals surface area contributed by atoms with Crippen LogP contribution in [-0.2, 0) is 7.05 Å². The number of hydrogen-bond donors (Lipinski definition) is 1. The summed E-state index contributed by atoms with van der Waals surface area (Å²) in [5.41, 5.74) is 1.20. The second kappa shape index (κ2) is 5.73. The van der Waals surface area contributed by atoms with Crippen molar-refractivity contribution in [2.24, 2.45) is 13.0 Å². The van der Waals surface area contributed by atoms with E-state index in [0.29, 0.717) is 0 Å². The second-order valence-corrected chi connectivity index (χ2v) is 7.38. The van der Waals surface area contributed by atoms with Crippen LogP contribution >= 0.6 is 0 Å². The van der Waals surface area contributed by atoms with Crippen LogP contribution in [0.15, 0.2) is 12.3 Å². The van der Waals surface area contributed by atoms with Crippen LogP contribution in [0.2, 0.25) is 0 Å². The second-order valence-electron chi connectivity index (χ2n) is 7.38. The summed E-state index contributed by atoms with van der Waals surface area (Å²) in [6.07, 6.45) is 8.18. The zero-order valence-corrected chi connectivity index (χ0v) is 14.0. The van der Waals surface area contributed by atoms with E-state index in [0.717, 1.165) is 49.9 Å². The fourth-order valence-electron chi connectivity index (χ4n) is 4.52. The number of aryl methyl sites for hydroxylation is 2. The van der Waals surface area contributed by atoms with Gasteiger partial charge in [0.2, 0.25) is 0 Å². The molecule has 0 bridgehead atoms. The minimum absolute atomic E-state index is 0.133. The number of carbonyl (C=O) groups is 1. The number of rotatable bonds is 2. The molecule has 3 atom stereocenters. The van der Waals surface area contributed by atoms with Gasteiger partial charge in [0.1, 0.15) is 5.69 Å². The average molecular weight is 304 g/mol. The predicted molar refractivity (Wildman–Crippen MR) is 86.8 cm³/mol. The van der Waals surface area contributed by atoms with Crippen molar-refractivity contribution >= 4 is 5.91 Å². The van der Waals surface area contributed by atoms with Crippen molar-refractivity contribution in [2.45, 2.75) is 64.0 Å². The quantitative estimate of drug-likeness (QED) is 0.913. The lowest BCUT2D eigenvalue weighted by molar-refractivity contribution is -0.0578. The Morgan fingerprint density at radius 1 is 1.32 bits per heavy atom. The Labute approximate surface area is 133 Å². The van der Waals surface area contributed by atoms with Crippen LogP contribution in [0.5, 0.6) is 0 Å². The van der Waals surface area contributed by atoms with Gasteiger partial charge < -0.3 is 14.6 Å². The molecule has 1 aromatic heterocycles. The lowest BCUT2D eigenvalue weighted by Crippen LogP contribution is -2.50. The lowest BCUT2D eigenvalue weighted by atomic mass is 9.72. The van der Waals surface area contributed by atoms with Gasteiger partial charge in [0.25, 0.3) is 5.91 Å². The highest BCUT2D eigenvalue weighted by Crippen LogP contribution is 2.41. The van der Waals surface area contributed by atoms with Gasteiger partial charge in [-0.15, -0.1) is 0 Å². The molecule has 1 saturated carbocycles. The van der Waals surface area contributed by atoms with Crippen molar-refractivity contribution in [3.8, 4) is 0 Å². The molecular formula is C18H28N2O2. The Kier molecular flexibility index (Phi) is 4.06. The molecule has 0 aromatic carbocycles. The Balaban J connectivity index is 1.86. The Morgan fingerprint density at radius 2 is 2.09 bits per heavy atom. The smallest absolute Gasteiger partial charge is 0.271 e. The van der Waals surface area contributed by atoms with Gasteiger partial charge >= 0.3 is 0 Å². The fourth-order valence-corrected chi connectivity index (χ4v) is 4.52. The first-order chi connectivity index (χ1) is 10.4. The molecule has 3 rings (SSSR count). The van der Waals surface area contributed by atoms with Crippen molar-refractivity contribution < 1.29 is 9.90 Å². The third kappa shape index (κ3) is 2.58. The maximum Gasteiger partial charge on any atom is 0.271 e. The van der Waals surface area contributed by atoms with E-state index in [-0.39, 0.29) is 17.9 Å². The zero-order valence-electron chi connectivity index (χ0n) is 14.0. The molecule has 0 spiro atoms. The zero-order chi connectivity index (χ0) is 15.9. The van der Waals surface area contributed by atoms with Crippen molar-refractivity contribution in [3.63, 3.8) is 0 Å². The van der Waals surface area contributed by atoms with E-state index in [1.807, 2.05) is 42.6 Å². The fraction of sp³-hybridized carbons (Fsp3) is 0.722. The first kappa shape index (κ1) is 15.6. The topological polar surface area (TPSA) is 45.5 Å². The maximum absolute atomic E-state index is 13.0. The summed E-state index contributed by atoms with van der Waals surface area (Å²) >= 11 is 0. The Hall–Kier alpha value is -1.29. The van der Waals surface area contributed by atoms with Crippen LogP contribution in [-0.4, -0.2) is 38.7 Å². The third-order valence-electron chi connectivity index (χ3n) is 5.75. The molecule has 22 heavy (non-hydrogen) atoms. The van der Waals surface area contributed by atoms with Gasteiger partial charge in [-0.2, -0.15) is 0 Å². The van der Waals surface area contributed by atoms with Crippen LogP contribution in [0.4, 0.5) is 0 Å². The molecule has 0 radical (unpaired) electrons. The van der Waals surface area contributed by atoms with Gasteiger partial charge in [-0.25, -0.2) is 0 Å². The number of carbonyl (C=O) groups excluding carboxylic acids is 1. The van der Waals surface area contributed by atoms with E-state index in [4.69, 9.17) is 0 Å². The number of likely N-dealkylation sites (tertiary alicyclic amines) is 1. The summed E-state index contributed by atoms with van der Waals surface area (Å²) < 4.78 is 1.92. The number of hydrogen-bond acceptors (Lipinski definition) is 2. The van der Waals surface area contributed by atoms with Crippen LogP contribution < -0.4 is 0 Å². The predicted octanol–water partition coefficient (Wildman–Crippen LogP) is 2.88. The molecule has 1 amide bonds. The van der Waals surface area contributed by atoms with Crippen molar-refractivity contribution in [1.82, 2.24) is 9.47 Å². The molecule has 1 saturated heterocycles. The van der Waals surface area contributed by atoms with Crippen LogP contribution in [0, 0.1) is 12.8 Å². The average Bonchev–Trinajstić information content (AvgIpc) is 3.05. The van der Waals surface area contributed by atoms with E-state index in [2.05, 4.69) is 0 Å². The van der Waals surface area contributed by atoms with Gasteiger partial charge in [-0.3, -0.25) is 4.79 Å². The minimum atomic E-state index is -0.630. The highest BCUT2D eigenvalue weighted by molar-refractivity contribution is 5.94. The van der Waals surface area contributed by atoms with E-state index >= 15 is 0 Å². The molecule has 1 N–H and O–H groups in total. The van der Waals surface area contributed by atoms with E-state index < -0.39 is 5.60 Å². The van der Waals surface area contributed by atoms with Crippen molar-refractivity contribution in [2.75, 3.05) is 6.54 Å². The highest BCUT2D eigenvalue weighted by Gasteiger charge is 2.45. The number of aliphatic hydroxyl groups is 1. The summed E-state index contributed by atoms with van der Waals surface area (Å²) in [7, 11) is 1.93. The van der Waals surface area contributed by atoms with E-state index in [1.54, 1.807) is 0 Å². The third-order valence-corrected chi connectivity index (χ3v) is 5.75. The van der Waals surface area contributed by atoms with Gasteiger partial charge in [0, 0.05) is 31.7 Å². The molecule has 2 aliphatic rings. The minimum Gasteiger partial charge on any atom is -0.390 e. The molecule has 122 valence electrons. The standard InChI is InChI=1S/C18H28N2O2/c1-13-9-12-19(3)16(13)17(21)20-11-6-8-15(20)14-7-4-5-10-18(14,2)22/h9,12,14-15,22H,4-8,10-11H2,1-3H3/t14-,15-,18+/m1/s1. The van der Waals surface area contributed by atoms with Crippen LogP contribution in [0.25, 0.3) is 0 Å². The largest absolute Gasteiger partial charge is 0.390 e. The van der Waals surface area contributed by atoms with E-state index in [1.165, 1.54) is 6.42 Å². The molecular weight excluding hydrogens is 276 g/mol. The highest BCUT2D eigenvalue weighted by atomic mass is 16.3. The van der Waals surface area contributed by atoms with Crippen LogP contribution in [0.1, 0.15) is 61.5 Å². The Bertz CT molecular complexity index is 542. The molecule has 4 heteroatoms. The van der Waals surface area contributed by atoms with Gasteiger partial charge in [0.05, 0.1) is 5.60 Å². The summed E-state index contributed by atoms with van der Waals surface area (Å²) in [6.45, 7) is 4.78. The molecule has 1 aliphatic heterocycles. The van der Waals surface area contributed by atoms with E-state index in [9.17, 15) is 9.90 Å². The SMILES string of the molecule is Cc1ccn(C)c1C(=O)N1CCC[C@@H]1[C@H]1CCCC[C@]1(C)O. The van der Waals surface area contributed by atoms with Crippen molar-refractivity contribution in [3.05, 3.63) is 23.5 Å². The summed E-state index contributed by atoms with van der Waals surface area (Å²) in [5.74, 6) is 0.349. The number of amides is 1. The normalized spacial score (nSPS) is 32.5. The number of aromatic nitrogens is 1.